The van der Waals surface area contributed by atoms with Gasteiger partial charge in [-0.05, 0) is 58.2 Å². The zero-order valence-corrected chi connectivity index (χ0v) is 13.5. The van der Waals surface area contributed by atoms with E-state index in [0.29, 0.717) is 13.1 Å². The summed E-state index contributed by atoms with van der Waals surface area (Å²) >= 11 is 0. The van der Waals surface area contributed by atoms with Gasteiger partial charge in [0.2, 0.25) is 5.91 Å². The van der Waals surface area contributed by atoms with Crippen LogP contribution in [0.25, 0.3) is 0 Å². The van der Waals surface area contributed by atoms with Crippen molar-refractivity contribution in [2.75, 3.05) is 25.0 Å². The lowest BCUT2D eigenvalue weighted by Gasteiger charge is -2.36. The SMILES string of the molecule is Cc1cc(C)c(NC(=O)CN2CCCC(C)(O)C2)c(C)c1. The highest BCUT2D eigenvalue weighted by atomic mass is 16.3. The molecule has 1 heterocycles. The van der Waals surface area contributed by atoms with Gasteiger partial charge in [0, 0.05) is 12.2 Å². The van der Waals surface area contributed by atoms with Crippen LogP contribution in [0.5, 0.6) is 0 Å². The summed E-state index contributed by atoms with van der Waals surface area (Å²) in [7, 11) is 0. The van der Waals surface area contributed by atoms with Crippen molar-refractivity contribution in [3.05, 3.63) is 28.8 Å². The molecular formula is C17H26N2O2. The molecule has 2 rings (SSSR count). The van der Waals surface area contributed by atoms with Crippen LogP contribution < -0.4 is 5.32 Å². The van der Waals surface area contributed by atoms with Gasteiger partial charge in [-0.25, -0.2) is 0 Å². The van der Waals surface area contributed by atoms with E-state index in [2.05, 4.69) is 24.4 Å². The predicted molar refractivity (Wildman–Crippen MR) is 85.6 cm³/mol. The largest absolute Gasteiger partial charge is 0.389 e. The molecule has 0 aliphatic carbocycles. The Morgan fingerprint density at radius 1 is 1.33 bits per heavy atom. The first-order chi connectivity index (χ1) is 9.77. The fourth-order valence-electron chi connectivity index (χ4n) is 3.22. The highest BCUT2D eigenvalue weighted by molar-refractivity contribution is 5.93. The maximum Gasteiger partial charge on any atom is 0.238 e. The van der Waals surface area contributed by atoms with Crippen LogP contribution in [0.15, 0.2) is 12.1 Å². The molecule has 1 amide bonds. The van der Waals surface area contributed by atoms with E-state index in [9.17, 15) is 9.90 Å². The number of benzene rings is 1. The van der Waals surface area contributed by atoms with E-state index in [1.165, 1.54) is 5.56 Å². The second-order valence-corrected chi connectivity index (χ2v) is 6.63. The average Bonchev–Trinajstić information content (AvgIpc) is 2.32. The number of hydrogen-bond acceptors (Lipinski definition) is 3. The zero-order chi connectivity index (χ0) is 15.6. The number of carbonyl (C=O) groups is 1. The van der Waals surface area contributed by atoms with E-state index in [-0.39, 0.29) is 5.91 Å². The van der Waals surface area contributed by atoms with Crippen LogP contribution in [-0.2, 0) is 4.79 Å². The second kappa shape index (κ2) is 6.16. The van der Waals surface area contributed by atoms with E-state index in [4.69, 9.17) is 0 Å². The minimum Gasteiger partial charge on any atom is -0.389 e. The number of rotatable bonds is 3. The average molecular weight is 290 g/mol. The lowest BCUT2D eigenvalue weighted by atomic mass is 9.95. The standard InChI is InChI=1S/C17H26N2O2/c1-12-8-13(2)16(14(3)9-12)18-15(20)10-19-7-5-6-17(4,21)11-19/h8-9,21H,5-7,10-11H2,1-4H3,(H,18,20). The van der Waals surface area contributed by atoms with Crippen LogP contribution in [-0.4, -0.2) is 41.1 Å². The minimum atomic E-state index is -0.672. The van der Waals surface area contributed by atoms with Crippen molar-refractivity contribution in [2.24, 2.45) is 0 Å². The van der Waals surface area contributed by atoms with E-state index >= 15 is 0 Å². The van der Waals surface area contributed by atoms with Gasteiger partial charge in [0.25, 0.3) is 0 Å². The van der Waals surface area contributed by atoms with Gasteiger partial charge >= 0.3 is 0 Å². The van der Waals surface area contributed by atoms with Gasteiger partial charge in [-0.2, -0.15) is 0 Å². The molecule has 1 aliphatic rings. The minimum absolute atomic E-state index is 0.0113. The molecule has 1 atom stereocenters. The summed E-state index contributed by atoms with van der Waals surface area (Å²) < 4.78 is 0. The number of carbonyl (C=O) groups excluding carboxylic acids is 1. The van der Waals surface area contributed by atoms with Crippen LogP contribution in [0.3, 0.4) is 0 Å². The number of nitrogens with one attached hydrogen (secondary N) is 1. The topological polar surface area (TPSA) is 52.6 Å². The summed E-state index contributed by atoms with van der Waals surface area (Å²) in [5.41, 5.74) is 3.62. The van der Waals surface area contributed by atoms with Gasteiger partial charge < -0.3 is 10.4 Å². The predicted octanol–water partition coefficient (Wildman–Crippen LogP) is 2.40. The first-order valence-corrected chi connectivity index (χ1v) is 7.59. The highest BCUT2D eigenvalue weighted by Gasteiger charge is 2.29. The van der Waals surface area contributed by atoms with Gasteiger partial charge in [-0.15, -0.1) is 0 Å². The Morgan fingerprint density at radius 3 is 2.52 bits per heavy atom. The molecule has 1 aromatic carbocycles. The Morgan fingerprint density at radius 2 is 1.95 bits per heavy atom. The van der Waals surface area contributed by atoms with Crippen LogP contribution in [0, 0.1) is 20.8 Å². The van der Waals surface area contributed by atoms with E-state index < -0.39 is 5.60 Å². The Kier molecular flexibility index (Phi) is 4.69. The number of hydrogen-bond donors (Lipinski definition) is 2. The maximum atomic E-state index is 12.2. The normalized spacial score (nSPS) is 23.1. The Bertz CT molecular complexity index is 515. The molecule has 0 radical (unpaired) electrons. The summed E-state index contributed by atoms with van der Waals surface area (Å²) in [6.45, 7) is 9.69. The van der Waals surface area contributed by atoms with Gasteiger partial charge in [-0.3, -0.25) is 9.69 Å². The van der Waals surface area contributed by atoms with Crippen molar-refractivity contribution in [3.8, 4) is 0 Å². The first kappa shape index (κ1) is 16.0. The molecule has 1 fully saturated rings. The third kappa shape index (κ3) is 4.29. The lowest BCUT2D eigenvalue weighted by molar-refractivity contribution is -0.118. The Labute approximate surface area is 127 Å². The number of aliphatic hydroxyl groups is 1. The zero-order valence-electron chi connectivity index (χ0n) is 13.5. The summed E-state index contributed by atoms with van der Waals surface area (Å²) in [5.74, 6) is -0.0113. The van der Waals surface area contributed by atoms with Crippen molar-refractivity contribution in [3.63, 3.8) is 0 Å². The number of β-amino-alcohol motifs (C(OH)–C–C–N with tert-alkyl or cyclic N) is 1. The van der Waals surface area contributed by atoms with E-state index in [1.54, 1.807) is 0 Å². The quantitative estimate of drug-likeness (QED) is 0.899. The number of piperidine rings is 1. The van der Waals surface area contributed by atoms with Crippen molar-refractivity contribution in [1.29, 1.82) is 0 Å². The van der Waals surface area contributed by atoms with Crippen LogP contribution in [0.2, 0.25) is 0 Å². The number of nitrogens with zero attached hydrogens (tertiary/aromatic N) is 1. The molecule has 1 aliphatic heterocycles. The molecule has 1 saturated heterocycles. The van der Waals surface area contributed by atoms with Crippen molar-refractivity contribution in [1.82, 2.24) is 4.90 Å². The third-order valence-electron chi connectivity index (χ3n) is 4.06. The molecule has 0 bridgehead atoms. The monoisotopic (exact) mass is 290 g/mol. The molecule has 4 nitrogen and oxygen atoms in total. The number of likely N-dealkylation sites (tertiary alicyclic amines) is 1. The molecule has 2 N–H and O–H groups in total. The molecule has 4 heteroatoms. The summed E-state index contributed by atoms with van der Waals surface area (Å²) in [6, 6.07) is 4.16. The Hall–Kier alpha value is -1.39. The van der Waals surface area contributed by atoms with Gasteiger partial charge in [0.1, 0.15) is 0 Å². The highest BCUT2D eigenvalue weighted by Crippen LogP contribution is 2.23. The van der Waals surface area contributed by atoms with Gasteiger partial charge in [0.15, 0.2) is 0 Å². The fraction of sp³-hybridized carbons (Fsp3) is 0.588. The molecule has 0 saturated carbocycles. The molecule has 0 aromatic heterocycles. The first-order valence-electron chi connectivity index (χ1n) is 7.59. The molecule has 0 spiro atoms. The van der Waals surface area contributed by atoms with Gasteiger partial charge in [-0.1, -0.05) is 17.7 Å². The van der Waals surface area contributed by atoms with E-state index in [1.807, 2.05) is 25.7 Å². The Balaban J connectivity index is 1.99. The molecule has 1 aromatic rings. The van der Waals surface area contributed by atoms with Crippen LogP contribution >= 0.6 is 0 Å². The summed E-state index contributed by atoms with van der Waals surface area (Å²) in [6.07, 6.45) is 1.74. The van der Waals surface area contributed by atoms with Crippen LogP contribution in [0.1, 0.15) is 36.5 Å². The summed E-state index contributed by atoms with van der Waals surface area (Å²) in [5, 5.41) is 13.1. The third-order valence-corrected chi connectivity index (χ3v) is 4.06. The number of aryl methyl sites for hydroxylation is 3. The van der Waals surface area contributed by atoms with Crippen molar-refractivity contribution < 1.29 is 9.90 Å². The van der Waals surface area contributed by atoms with Crippen molar-refractivity contribution >= 4 is 11.6 Å². The maximum absolute atomic E-state index is 12.2. The number of anilines is 1. The number of amides is 1. The lowest BCUT2D eigenvalue weighted by Crippen LogP contribution is -2.48. The fourth-order valence-corrected chi connectivity index (χ4v) is 3.22. The van der Waals surface area contributed by atoms with Crippen molar-refractivity contribution in [2.45, 2.75) is 46.1 Å². The summed E-state index contributed by atoms with van der Waals surface area (Å²) in [4.78, 5) is 14.3. The molecule has 116 valence electrons. The van der Waals surface area contributed by atoms with E-state index in [0.717, 1.165) is 36.2 Å². The van der Waals surface area contributed by atoms with Gasteiger partial charge in [0.05, 0.1) is 12.1 Å². The second-order valence-electron chi connectivity index (χ2n) is 6.63. The molecule has 21 heavy (non-hydrogen) atoms. The van der Waals surface area contributed by atoms with Crippen LogP contribution in [0.4, 0.5) is 5.69 Å². The smallest absolute Gasteiger partial charge is 0.238 e. The molecular weight excluding hydrogens is 264 g/mol. The molecule has 1 unspecified atom stereocenters.